The van der Waals surface area contributed by atoms with Crippen molar-refractivity contribution in [3.8, 4) is 0 Å². The topological polar surface area (TPSA) is 17.1 Å². The second-order valence-electron chi connectivity index (χ2n) is 5.90. The van der Waals surface area contributed by atoms with Crippen LogP contribution in [0.4, 0.5) is 0 Å². The molecule has 0 spiro atoms. The Morgan fingerprint density at radius 1 is 1.07 bits per heavy atom. The molecule has 0 saturated heterocycles. The lowest BCUT2D eigenvalue weighted by Crippen LogP contribution is -2.52. The van der Waals surface area contributed by atoms with Crippen LogP contribution in [-0.4, -0.2) is 10.1 Å². The van der Waals surface area contributed by atoms with Gasteiger partial charge in [0.05, 0.1) is 0 Å². The van der Waals surface area contributed by atoms with Gasteiger partial charge >= 0.3 is 0 Å². The van der Waals surface area contributed by atoms with E-state index in [-0.39, 0.29) is 11.8 Å². The van der Waals surface area contributed by atoms with Crippen molar-refractivity contribution in [1.82, 2.24) is 0 Å². The van der Waals surface area contributed by atoms with Crippen LogP contribution in [-0.2, 0) is 4.79 Å². The van der Waals surface area contributed by atoms with Crippen molar-refractivity contribution in [3.63, 3.8) is 0 Å². The van der Waals surface area contributed by atoms with E-state index in [1.807, 2.05) is 0 Å². The maximum absolute atomic E-state index is 12.1. The molecule has 0 aromatic heterocycles. The van der Waals surface area contributed by atoms with E-state index in [0.29, 0.717) is 35.4 Å². The van der Waals surface area contributed by atoms with E-state index >= 15 is 0 Å². The molecule has 0 unspecified atom stereocenters. The molecule has 8 atom stereocenters. The Labute approximate surface area is 92.1 Å². The van der Waals surface area contributed by atoms with Gasteiger partial charge in [0, 0.05) is 23.7 Å². The van der Waals surface area contributed by atoms with Crippen LogP contribution in [0.1, 0.15) is 6.42 Å². The van der Waals surface area contributed by atoms with Crippen molar-refractivity contribution < 1.29 is 4.79 Å². The number of carbonyl (C=O) groups excluding carboxylic acids is 1. The van der Waals surface area contributed by atoms with Crippen molar-refractivity contribution >= 4 is 29.0 Å². The van der Waals surface area contributed by atoms with Gasteiger partial charge in [-0.25, -0.2) is 0 Å². The summed E-state index contributed by atoms with van der Waals surface area (Å²) in [6, 6.07) is 0. The molecule has 5 fully saturated rings. The molecule has 0 amide bonds. The van der Waals surface area contributed by atoms with Crippen LogP contribution in [0.3, 0.4) is 0 Å². The fourth-order valence-corrected chi connectivity index (χ4v) is 7.23. The first-order valence-electron chi connectivity index (χ1n) is 5.55. The second kappa shape index (κ2) is 1.69. The van der Waals surface area contributed by atoms with Crippen LogP contribution in [0.2, 0.25) is 0 Å². The molecule has 1 nitrogen and oxygen atoms in total. The molecule has 0 aromatic carbocycles. The lowest BCUT2D eigenvalue weighted by Gasteiger charge is -2.47. The molecule has 0 radical (unpaired) electrons. The molecule has 0 aliphatic heterocycles. The van der Waals surface area contributed by atoms with Gasteiger partial charge in [0.25, 0.3) is 0 Å². The number of halogens is 2. The molecule has 5 aliphatic rings. The average molecular weight is 229 g/mol. The highest BCUT2D eigenvalue weighted by Crippen LogP contribution is 2.86. The van der Waals surface area contributed by atoms with Crippen LogP contribution < -0.4 is 0 Å². The van der Waals surface area contributed by atoms with E-state index in [0.717, 1.165) is 5.92 Å². The summed E-state index contributed by atoms with van der Waals surface area (Å²) >= 11 is 13.0. The number of fused-ring (bicyclic) bond motifs is 2. The Balaban J connectivity index is 1.87. The van der Waals surface area contributed by atoms with Gasteiger partial charge in [-0.2, -0.15) is 0 Å². The summed E-state index contributed by atoms with van der Waals surface area (Å²) in [4.78, 5) is 12.1. The molecule has 5 saturated carbocycles. The minimum Gasteiger partial charge on any atom is -0.299 e. The molecule has 0 aromatic rings. The Bertz CT molecular complexity index is 391. The van der Waals surface area contributed by atoms with Gasteiger partial charge in [-0.3, -0.25) is 4.79 Å². The Morgan fingerprint density at radius 3 is 2.64 bits per heavy atom. The highest BCUT2D eigenvalue weighted by atomic mass is 35.5. The van der Waals surface area contributed by atoms with Gasteiger partial charge in [-0.05, 0) is 30.1 Å². The summed E-state index contributed by atoms with van der Waals surface area (Å²) in [5.74, 6) is 4.55. The maximum atomic E-state index is 12.1. The standard InChI is InChI=1S/C11H10Cl2O/c12-11(13)8-3-1-2-4-5(3)9(11)7(4)10(14)6(2)8/h2-9H,1H2/t2-,3+,4-,5+,6+,7-,8+,9-/m0/s1. The summed E-state index contributed by atoms with van der Waals surface area (Å²) in [5.41, 5.74) is 0. The van der Waals surface area contributed by atoms with Gasteiger partial charge in [0.15, 0.2) is 0 Å². The second-order valence-corrected chi connectivity index (χ2v) is 7.34. The molecule has 0 N–H and O–H groups in total. The number of rotatable bonds is 0. The molecule has 14 heavy (non-hydrogen) atoms. The molecule has 74 valence electrons. The third kappa shape index (κ3) is 0.427. The molecule has 2 bridgehead atoms. The van der Waals surface area contributed by atoms with Crippen LogP contribution >= 0.6 is 23.2 Å². The van der Waals surface area contributed by atoms with Crippen molar-refractivity contribution in [1.29, 1.82) is 0 Å². The number of alkyl halides is 2. The van der Waals surface area contributed by atoms with Crippen LogP contribution in [0, 0.1) is 47.3 Å². The molecular weight excluding hydrogens is 219 g/mol. The van der Waals surface area contributed by atoms with Crippen molar-refractivity contribution in [2.75, 3.05) is 0 Å². The number of hydrogen-bond donors (Lipinski definition) is 0. The normalized spacial score (nSPS) is 73.4. The molecular formula is C11H10Cl2O. The van der Waals surface area contributed by atoms with Crippen LogP contribution in [0.5, 0.6) is 0 Å². The van der Waals surface area contributed by atoms with E-state index < -0.39 is 4.33 Å². The summed E-state index contributed by atoms with van der Waals surface area (Å²) < 4.78 is -0.541. The zero-order valence-electron chi connectivity index (χ0n) is 7.49. The SMILES string of the molecule is O=C1[C@@H]2[C@H]3C[C@@H]4[C@@H]5[C@H]3[C@H]1[C@H]5C(Cl)(Cl)[C@H]42. The predicted octanol–water partition coefficient (Wildman–Crippen LogP) is 2.12. The fraction of sp³-hybridized carbons (Fsp3) is 0.909. The Kier molecular flexibility index (Phi) is 0.909. The van der Waals surface area contributed by atoms with E-state index in [1.54, 1.807) is 0 Å². The zero-order valence-corrected chi connectivity index (χ0v) is 9.00. The van der Waals surface area contributed by atoms with E-state index in [9.17, 15) is 4.79 Å². The van der Waals surface area contributed by atoms with Crippen molar-refractivity contribution in [2.24, 2.45) is 47.3 Å². The number of carbonyl (C=O) groups is 1. The predicted molar refractivity (Wildman–Crippen MR) is 52.0 cm³/mol. The number of Topliss-reactive ketones (excluding diaryl/α,β-unsaturated/α-hetero) is 1. The van der Waals surface area contributed by atoms with Crippen molar-refractivity contribution in [3.05, 3.63) is 0 Å². The Hall–Kier alpha value is 0.250. The molecule has 3 heteroatoms. The average Bonchev–Trinajstić information content (AvgIpc) is 2.52. The van der Waals surface area contributed by atoms with Gasteiger partial charge in [-0.15, -0.1) is 23.2 Å². The van der Waals surface area contributed by atoms with Gasteiger partial charge < -0.3 is 0 Å². The first kappa shape index (κ1) is 7.51. The highest BCUT2D eigenvalue weighted by molar-refractivity contribution is 6.49. The maximum Gasteiger partial charge on any atom is 0.140 e. The molecule has 0 heterocycles. The summed E-state index contributed by atoms with van der Waals surface area (Å²) in [6.07, 6.45) is 1.25. The summed E-state index contributed by atoms with van der Waals surface area (Å²) in [5, 5.41) is 0. The lowest BCUT2D eigenvalue weighted by molar-refractivity contribution is -0.133. The van der Waals surface area contributed by atoms with Gasteiger partial charge in [-0.1, -0.05) is 0 Å². The number of hydrogen-bond acceptors (Lipinski definition) is 1. The molecule has 5 rings (SSSR count). The summed E-state index contributed by atoms with van der Waals surface area (Å²) in [6.45, 7) is 0. The van der Waals surface area contributed by atoms with Crippen molar-refractivity contribution in [2.45, 2.75) is 10.8 Å². The quantitative estimate of drug-likeness (QED) is 0.581. The van der Waals surface area contributed by atoms with Gasteiger partial charge in [0.2, 0.25) is 0 Å². The molecule has 5 aliphatic carbocycles. The largest absolute Gasteiger partial charge is 0.299 e. The third-order valence-electron chi connectivity index (χ3n) is 6.05. The number of ketones is 1. The zero-order chi connectivity index (χ0) is 9.40. The minimum absolute atomic E-state index is 0.264. The Morgan fingerprint density at radius 2 is 1.86 bits per heavy atom. The minimum atomic E-state index is -0.541. The smallest absolute Gasteiger partial charge is 0.140 e. The fourth-order valence-electron chi connectivity index (χ4n) is 6.07. The lowest BCUT2D eigenvalue weighted by atomic mass is 9.59. The van der Waals surface area contributed by atoms with Crippen LogP contribution in [0.25, 0.3) is 0 Å². The summed E-state index contributed by atoms with van der Waals surface area (Å²) in [7, 11) is 0. The van der Waals surface area contributed by atoms with Gasteiger partial charge in [0.1, 0.15) is 10.1 Å². The highest BCUT2D eigenvalue weighted by Gasteiger charge is 2.87. The first-order chi connectivity index (χ1) is 6.64. The van der Waals surface area contributed by atoms with E-state index in [4.69, 9.17) is 23.2 Å². The van der Waals surface area contributed by atoms with E-state index in [1.165, 1.54) is 6.42 Å². The third-order valence-corrected chi connectivity index (χ3v) is 7.06. The van der Waals surface area contributed by atoms with Crippen LogP contribution in [0.15, 0.2) is 0 Å². The van der Waals surface area contributed by atoms with E-state index in [2.05, 4.69) is 0 Å². The first-order valence-corrected chi connectivity index (χ1v) is 6.31. The monoisotopic (exact) mass is 228 g/mol.